The van der Waals surface area contributed by atoms with E-state index in [1.165, 1.54) is 83.8 Å². The molecule has 0 aliphatic heterocycles. The van der Waals surface area contributed by atoms with E-state index >= 15 is 0 Å². The molecule has 6 rings (SSSR count). The van der Waals surface area contributed by atoms with Crippen molar-refractivity contribution in [1.29, 1.82) is 0 Å². The largest absolute Gasteiger partial charge is 0.339 e. The fourth-order valence-electron chi connectivity index (χ4n) is 4.37. The Kier molecular flexibility index (Phi) is 5.08. The number of nitrogens with zero attached hydrogens (tertiary/aromatic N) is 2. The molecule has 0 unspecified atom stereocenters. The van der Waals surface area contributed by atoms with E-state index in [-0.39, 0.29) is 0 Å². The summed E-state index contributed by atoms with van der Waals surface area (Å²) in [7, 11) is 0. The summed E-state index contributed by atoms with van der Waals surface area (Å²) in [6.45, 7) is 0. The second-order valence-corrected chi connectivity index (χ2v) is 11.4. The average Bonchev–Trinajstić information content (AvgIpc) is 3.69. The highest BCUT2D eigenvalue weighted by molar-refractivity contribution is 8.00. The molecule has 3 aliphatic carbocycles. The van der Waals surface area contributed by atoms with Gasteiger partial charge < -0.3 is 5.32 Å². The van der Waals surface area contributed by atoms with Crippen LogP contribution in [0.4, 0.5) is 11.5 Å². The van der Waals surface area contributed by atoms with Crippen molar-refractivity contribution in [2.24, 2.45) is 0 Å². The summed E-state index contributed by atoms with van der Waals surface area (Å²) in [5.74, 6) is 2.30. The highest BCUT2D eigenvalue weighted by atomic mass is 32.2. The zero-order chi connectivity index (χ0) is 19.9. The first kappa shape index (κ1) is 18.9. The summed E-state index contributed by atoms with van der Waals surface area (Å²) in [6, 6.07) is 8.94. The highest BCUT2D eigenvalue weighted by Crippen LogP contribution is 2.46. The van der Waals surface area contributed by atoms with E-state index in [9.17, 15) is 0 Å². The Hall–Kier alpha value is -1.79. The van der Waals surface area contributed by atoms with Gasteiger partial charge in [-0.2, -0.15) is 5.10 Å². The van der Waals surface area contributed by atoms with Crippen LogP contribution in [0.25, 0.3) is 10.4 Å². The molecule has 2 heterocycles. The number of H-pyrrole nitrogens is 1. The monoisotopic (exact) mass is 436 g/mol. The predicted octanol–water partition coefficient (Wildman–Crippen LogP) is 7.46. The van der Waals surface area contributed by atoms with E-state index in [1.807, 2.05) is 23.1 Å². The van der Waals surface area contributed by atoms with Crippen molar-refractivity contribution in [1.82, 2.24) is 15.2 Å². The lowest BCUT2D eigenvalue weighted by Crippen LogP contribution is -2.03. The van der Waals surface area contributed by atoms with Crippen LogP contribution < -0.4 is 5.32 Å². The Morgan fingerprint density at radius 2 is 1.83 bits per heavy atom. The van der Waals surface area contributed by atoms with Crippen molar-refractivity contribution in [3.05, 3.63) is 41.2 Å². The van der Waals surface area contributed by atoms with E-state index in [1.54, 1.807) is 0 Å². The van der Waals surface area contributed by atoms with Crippen LogP contribution in [0, 0.1) is 0 Å². The number of thioether (sulfide) groups is 1. The number of aromatic nitrogens is 3. The second kappa shape index (κ2) is 8.04. The SMILES string of the molecule is c1cc(-c2cnc(C3CCCCC3)s2)c(SC2CC2)cc1Nc1cc(C2CC2)[nH]n1. The van der Waals surface area contributed by atoms with Gasteiger partial charge in [-0.05, 0) is 50.7 Å². The van der Waals surface area contributed by atoms with Crippen molar-refractivity contribution in [3.8, 4) is 10.4 Å². The smallest absolute Gasteiger partial charge is 0.152 e. The van der Waals surface area contributed by atoms with Crippen LogP contribution in [0.2, 0.25) is 0 Å². The maximum atomic E-state index is 4.85. The quantitative estimate of drug-likeness (QED) is 0.404. The van der Waals surface area contributed by atoms with Gasteiger partial charge in [0, 0.05) is 51.2 Å². The molecule has 0 bridgehead atoms. The minimum atomic E-state index is 0.679. The van der Waals surface area contributed by atoms with Crippen LogP contribution in [0.3, 0.4) is 0 Å². The molecule has 0 saturated heterocycles. The molecule has 0 radical (unpaired) electrons. The summed E-state index contributed by atoms with van der Waals surface area (Å²) in [6.07, 6.45) is 14.1. The third-order valence-corrected chi connectivity index (χ3v) is 9.02. The van der Waals surface area contributed by atoms with Crippen molar-refractivity contribution in [3.63, 3.8) is 0 Å². The maximum Gasteiger partial charge on any atom is 0.152 e. The van der Waals surface area contributed by atoms with Gasteiger partial charge >= 0.3 is 0 Å². The number of anilines is 2. The van der Waals surface area contributed by atoms with Crippen LogP contribution in [0.5, 0.6) is 0 Å². The lowest BCUT2D eigenvalue weighted by molar-refractivity contribution is 0.442. The molecule has 30 heavy (non-hydrogen) atoms. The highest BCUT2D eigenvalue weighted by Gasteiger charge is 2.27. The van der Waals surface area contributed by atoms with Gasteiger partial charge in [-0.15, -0.1) is 23.1 Å². The Bertz CT molecular complexity index is 1030. The molecule has 3 aliphatic rings. The van der Waals surface area contributed by atoms with Gasteiger partial charge in [0.15, 0.2) is 5.82 Å². The number of hydrogen-bond donors (Lipinski definition) is 2. The Morgan fingerprint density at radius 1 is 0.967 bits per heavy atom. The first-order valence-corrected chi connectivity index (χ1v) is 13.1. The van der Waals surface area contributed by atoms with Crippen LogP contribution in [-0.4, -0.2) is 20.4 Å². The number of benzene rings is 1. The molecule has 3 aromatic rings. The lowest BCUT2D eigenvalue weighted by atomic mass is 9.90. The zero-order valence-corrected chi connectivity index (χ0v) is 18.8. The standard InChI is InChI=1S/C24H28N4S2/c1-2-4-16(5-3-1)24-25-14-22(30-24)19-11-8-17(12-21(19)29-18-9-10-18)26-23-13-20(27-28-23)15-6-7-15/h8,11-16,18H,1-7,9-10H2,(H2,26,27,28). The van der Waals surface area contributed by atoms with Crippen molar-refractivity contribution < 1.29 is 0 Å². The van der Waals surface area contributed by atoms with Crippen LogP contribution in [0.15, 0.2) is 35.4 Å². The third-order valence-electron chi connectivity index (χ3n) is 6.43. The molecule has 156 valence electrons. The van der Waals surface area contributed by atoms with Gasteiger partial charge in [0.05, 0.1) is 9.88 Å². The first-order valence-electron chi connectivity index (χ1n) is 11.4. The Labute approximate surface area is 186 Å². The third kappa shape index (κ3) is 4.17. The Balaban J connectivity index is 1.25. The molecule has 0 atom stereocenters. The lowest BCUT2D eigenvalue weighted by Gasteiger charge is -2.18. The maximum absolute atomic E-state index is 4.85. The van der Waals surface area contributed by atoms with Crippen LogP contribution in [0.1, 0.15) is 80.3 Å². The fourth-order valence-corrected chi connectivity index (χ4v) is 6.79. The molecule has 3 saturated carbocycles. The van der Waals surface area contributed by atoms with Crippen LogP contribution >= 0.6 is 23.1 Å². The van der Waals surface area contributed by atoms with Gasteiger partial charge in [0.1, 0.15) is 0 Å². The van der Waals surface area contributed by atoms with Gasteiger partial charge in [0.25, 0.3) is 0 Å². The number of rotatable bonds is 7. The molecule has 3 fully saturated rings. The van der Waals surface area contributed by atoms with Crippen molar-refractivity contribution in [2.45, 2.75) is 79.8 Å². The minimum Gasteiger partial charge on any atom is -0.339 e. The molecule has 1 aromatic carbocycles. The summed E-state index contributed by atoms with van der Waals surface area (Å²) in [5.41, 5.74) is 3.73. The molecular formula is C24H28N4S2. The number of hydrogen-bond acceptors (Lipinski definition) is 5. The van der Waals surface area contributed by atoms with Gasteiger partial charge in [0.2, 0.25) is 0 Å². The summed E-state index contributed by atoms with van der Waals surface area (Å²) in [5, 5.41) is 13.3. The Morgan fingerprint density at radius 3 is 2.63 bits per heavy atom. The number of aromatic amines is 1. The normalized spacial score (nSPS) is 19.9. The van der Waals surface area contributed by atoms with E-state index in [0.717, 1.165) is 16.8 Å². The van der Waals surface area contributed by atoms with Crippen molar-refractivity contribution >= 4 is 34.6 Å². The van der Waals surface area contributed by atoms with Gasteiger partial charge in [-0.3, -0.25) is 5.10 Å². The summed E-state index contributed by atoms with van der Waals surface area (Å²) >= 11 is 3.95. The fraction of sp³-hybridized carbons (Fsp3) is 0.500. The molecule has 0 amide bonds. The van der Waals surface area contributed by atoms with Gasteiger partial charge in [-0.1, -0.05) is 25.3 Å². The first-order chi connectivity index (χ1) is 14.8. The molecule has 2 N–H and O–H groups in total. The molecular weight excluding hydrogens is 408 g/mol. The predicted molar refractivity (Wildman–Crippen MR) is 126 cm³/mol. The van der Waals surface area contributed by atoms with Crippen molar-refractivity contribution in [2.75, 3.05) is 5.32 Å². The van der Waals surface area contributed by atoms with Crippen LogP contribution in [-0.2, 0) is 0 Å². The van der Waals surface area contributed by atoms with E-state index in [0.29, 0.717) is 11.8 Å². The molecule has 6 heteroatoms. The molecule has 2 aromatic heterocycles. The molecule has 0 spiro atoms. The number of nitrogens with one attached hydrogen (secondary N) is 2. The summed E-state index contributed by atoms with van der Waals surface area (Å²) < 4.78 is 0. The second-order valence-electron chi connectivity index (χ2n) is 9.03. The number of thiazole rings is 1. The molecule has 4 nitrogen and oxygen atoms in total. The minimum absolute atomic E-state index is 0.679. The van der Waals surface area contributed by atoms with E-state index in [4.69, 9.17) is 4.98 Å². The van der Waals surface area contributed by atoms with E-state index in [2.05, 4.69) is 46.0 Å². The topological polar surface area (TPSA) is 53.6 Å². The van der Waals surface area contributed by atoms with Gasteiger partial charge in [-0.25, -0.2) is 4.98 Å². The van der Waals surface area contributed by atoms with E-state index < -0.39 is 0 Å². The zero-order valence-electron chi connectivity index (χ0n) is 17.2. The average molecular weight is 437 g/mol. The summed E-state index contributed by atoms with van der Waals surface area (Å²) in [4.78, 5) is 7.54.